The van der Waals surface area contributed by atoms with Gasteiger partial charge in [0.05, 0.1) is 0 Å². The van der Waals surface area contributed by atoms with Gasteiger partial charge in [0.1, 0.15) is 7.28 Å². The molecule has 2 heteroatoms. The summed E-state index contributed by atoms with van der Waals surface area (Å²) >= 11 is 0. The SMILES string of the molecule is C[B]c1ccc([B]c2ccc(C)cc2)cc1. The first-order chi connectivity index (χ1) is 7.78. The summed E-state index contributed by atoms with van der Waals surface area (Å²) in [6, 6.07) is 17.1. The molecule has 0 saturated heterocycles. The van der Waals surface area contributed by atoms with E-state index in [9.17, 15) is 0 Å². The standard InChI is InChI=1S/C14H14B2/c1-11-3-5-13(6-4-11)16-14-9-7-12(15-2)8-10-14/h3-10H,1-2H3. The Bertz CT molecular complexity index is 443. The van der Waals surface area contributed by atoms with Crippen LogP contribution in [-0.2, 0) is 0 Å². The molecule has 76 valence electrons. The first kappa shape index (κ1) is 11.1. The molecule has 0 aliphatic rings. The number of benzene rings is 2. The van der Waals surface area contributed by atoms with Crippen molar-refractivity contribution in [1.82, 2.24) is 0 Å². The number of hydrogen-bond acceptors (Lipinski definition) is 0. The molecule has 0 aromatic heterocycles. The van der Waals surface area contributed by atoms with Crippen LogP contribution in [0.15, 0.2) is 48.5 Å². The van der Waals surface area contributed by atoms with Gasteiger partial charge in [-0.3, -0.25) is 0 Å². The molecule has 2 aromatic rings. The van der Waals surface area contributed by atoms with Crippen molar-refractivity contribution < 1.29 is 0 Å². The molecule has 0 amide bonds. The van der Waals surface area contributed by atoms with Crippen molar-refractivity contribution in [3.63, 3.8) is 0 Å². The Labute approximate surface area is 99.2 Å². The van der Waals surface area contributed by atoms with Crippen molar-refractivity contribution in [2.45, 2.75) is 13.7 Å². The van der Waals surface area contributed by atoms with E-state index in [2.05, 4.69) is 76.8 Å². The monoisotopic (exact) mass is 204 g/mol. The summed E-state index contributed by atoms with van der Waals surface area (Å²) in [6.45, 7) is 4.16. The summed E-state index contributed by atoms with van der Waals surface area (Å²) in [7, 11) is 4.30. The zero-order valence-electron chi connectivity index (χ0n) is 9.77. The molecule has 0 spiro atoms. The average molecular weight is 204 g/mol. The molecule has 2 aromatic carbocycles. The lowest BCUT2D eigenvalue weighted by Crippen LogP contribution is -2.28. The van der Waals surface area contributed by atoms with E-state index in [1.165, 1.54) is 22.0 Å². The summed E-state index contributed by atoms with van der Waals surface area (Å²) in [5.41, 5.74) is 5.06. The van der Waals surface area contributed by atoms with Crippen LogP contribution >= 0.6 is 0 Å². The van der Waals surface area contributed by atoms with Crippen LogP contribution in [0.2, 0.25) is 6.82 Å². The Morgan fingerprint density at radius 2 is 1.12 bits per heavy atom. The van der Waals surface area contributed by atoms with E-state index in [1.807, 2.05) is 0 Å². The van der Waals surface area contributed by atoms with Crippen LogP contribution in [0.25, 0.3) is 0 Å². The zero-order valence-corrected chi connectivity index (χ0v) is 9.77. The summed E-state index contributed by atoms with van der Waals surface area (Å²) < 4.78 is 0. The number of aryl methyl sites for hydroxylation is 1. The molecule has 0 fully saturated rings. The molecule has 0 bridgehead atoms. The number of rotatable bonds is 3. The molecule has 2 radical (unpaired) electrons. The van der Waals surface area contributed by atoms with Gasteiger partial charge >= 0.3 is 0 Å². The Balaban J connectivity index is 2.11. The lowest BCUT2D eigenvalue weighted by atomic mass is 9.63. The molecule has 0 saturated carbocycles. The number of hydrogen-bond donors (Lipinski definition) is 0. The van der Waals surface area contributed by atoms with E-state index >= 15 is 0 Å². The Morgan fingerprint density at radius 1 is 0.688 bits per heavy atom. The van der Waals surface area contributed by atoms with Gasteiger partial charge < -0.3 is 0 Å². The third-order valence-corrected chi connectivity index (χ3v) is 2.68. The van der Waals surface area contributed by atoms with Gasteiger partial charge in [-0.05, 0) is 6.92 Å². The molecule has 0 nitrogen and oxygen atoms in total. The molecule has 0 atom stereocenters. The molecule has 0 aliphatic heterocycles. The molecule has 0 aliphatic carbocycles. The van der Waals surface area contributed by atoms with Crippen LogP contribution in [-0.4, -0.2) is 14.6 Å². The smallest absolute Gasteiger partial charge is 0.0881 e. The highest BCUT2D eigenvalue weighted by Crippen LogP contribution is 1.92. The van der Waals surface area contributed by atoms with E-state index in [4.69, 9.17) is 0 Å². The van der Waals surface area contributed by atoms with Gasteiger partial charge in [0.2, 0.25) is 0 Å². The van der Waals surface area contributed by atoms with E-state index in [1.54, 1.807) is 0 Å². The topological polar surface area (TPSA) is 0 Å². The molecule has 0 N–H and O–H groups in total. The Morgan fingerprint density at radius 3 is 1.62 bits per heavy atom. The van der Waals surface area contributed by atoms with Crippen LogP contribution in [0.5, 0.6) is 0 Å². The van der Waals surface area contributed by atoms with Crippen molar-refractivity contribution in [3.8, 4) is 0 Å². The van der Waals surface area contributed by atoms with Crippen LogP contribution < -0.4 is 16.4 Å². The minimum Gasteiger partial charge on any atom is -0.0881 e. The van der Waals surface area contributed by atoms with Crippen molar-refractivity contribution >= 4 is 30.9 Å². The molecule has 2 rings (SSSR count). The highest BCUT2D eigenvalue weighted by Gasteiger charge is 1.98. The van der Waals surface area contributed by atoms with Crippen LogP contribution in [0, 0.1) is 6.92 Å². The molecule has 0 heterocycles. The second-order valence-corrected chi connectivity index (χ2v) is 4.01. The van der Waals surface area contributed by atoms with Crippen LogP contribution in [0.3, 0.4) is 0 Å². The normalized spacial score (nSPS) is 9.88. The van der Waals surface area contributed by atoms with E-state index < -0.39 is 0 Å². The van der Waals surface area contributed by atoms with Crippen molar-refractivity contribution in [2.24, 2.45) is 0 Å². The molecular formula is C14H14B2. The molecule has 0 unspecified atom stereocenters. The fraction of sp³-hybridized carbons (Fsp3) is 0.143. The predicted octanol–water partition coefficient (Wildman–Crippen LogP) is 1.03. The first-order valence-electron chi connectivity index (χ1n) is 5.59. The molecule has 16 heavy (non-hydrogen) atoms. The predicted molar refractivity (Wildman–Crippen MR) is 73.9 cm³/mol. The average Bonchev–Trinajstić information content (AvgIpc) is 2.33. The minimum absolute atomic E-state index is 1.24. The fourth-order valence-electron chi connectivity index (χ4n) is 1.64. The maximum absolute atomic E-state index is 2.19. The van der Waals surface area contributed by atoms with Crippen LogP contribution in [0.1, 0.15) is 5.56 Å². The largest absolute Gasteiger partial charge is 0.191 e. The van der Waals surface area contributed by atoms with E-state index in [0.29, 0.717) is 0 Å². The lowest BCUT2D eigenvalue weighted by molar-refractivity contribution is 1.49. The lowest BCUT2D eigenvalue weighted by Gasteiger charge is -2.02. The third kappa shape index (κ3) is 2.79. The highest BCUT2D eigenvalue weighted by atomic mass is 13.9. The van der Waals surface area contributed by atoms with Gasteiger partial charge in [0.25, 0.3) is 0 Å². The quantitative estimate of drug-likeness (QED) is 0.654. The summed E-state index contributed by atoms with van der Waals surface area (Å²) in [4.78, 5) is 0. The third-order valence-electron chi connectivity index (χ3n) is 2.68. The van der Waals surface area contributed by atoms with Crippen LogP contribution in [0.4, 0.5) is 0 Å². The fourth-order valence-corrected chi connectivity index (χ4v) is 1.64. The van der Waals surface area contributed by atoms with Gasteiger partial charge in [0, 0.05) is 0 Å². The maximum Gasteiger partial charge on any atom is 0.191 e. The minimum atomic E-state index is 1.24. The van der Waals surface area contributed by atoms with Crippen molar-refractivity contribution in [2.75, 3.05) is 0 Å². The van der Waals surface area contributed by atoms with Gasteiger partial charge in [-0.15, -0.1) is 0 Å². The summed E-state index contributed by atoms with van der Waals surface area (Å²) in [5.74, 6) is 0. The maximum atomic E-state index is 2.19. The second kappa shape index (κ2) is 5.07. The van der Waals surface area contributed by atoms with Crippen molar-refractivity contribution in [3.05, 3.63) is 54.1 Å². The second-order valence-electron chi connectivity index (χ2n) is 4.01. The zero-order chi connectivity index (χ0) is 11.4. The van der Waals surface area contributed by atoms with E-state index in [0.717, 1.165) is 0 Å². The molecular weight excluding hydrogens is 190 g/mol. The summed E-state index contributed by atoms with van der Waals surface area (Å²) in [6.07, 6.45) is 0. The Hall–Kier alpha value is -1.43. The highest BCUT2D eigenvalue weighted by molar-refractivity contribution is 6.67. The van der Waals surface area contributed by atoms with Gasteiger partial charge in [-0.1, -0.05) is 77.3 Å². The van der Waals surface area contributed by atoms with Crippen molar-refractivity contribution in [1.29, 1.82) is 0 Å². The summed E-state index contributed by atoms with van der Waals surface area (Å²) in [5, 5.41) is 0. The van der Waals surface area contributed by atoms with Gasteiger partial charge in [-0.25, -0.2) is 0 Å². The van der Waals surface area contributed by atoms with Gasteiger partial charge in [-0.2, -0.15) is 0 Å². The van der Waals surface area contributed by atoms with Gasteiger partial charge in [0.15, 0.2) is 7.28 Å². The van der Waals surface area contributed by atoms with E-state index in [-0.39, 0.29) is 0 Å². The first-order valence-corrected chi connectivity index (χ1v) is 5.59. The Kier molecular flexibility index (Phi) is 3.51.